The van der Waals surface area contributed by atoms with Gasteiger partial charge in [0.1, 0.15) is 0 Å². The van der Waals surface area contributed by atoms with E-state index < -0.39 is 0 Å². The standard InChI is InChI=1S/C21H22Cl2N2O/c1-21(10-12-25-13-11-24-16-25,14-17-2-6-19(22)7-3-17)26-15-18-4-8-20(23)9-5-18/h2-9,11,13,16H,10,12,14-15H2,1H3. The van der Waals surface area contributed by atoms with Crippen molar-refractivity contribution in [1.82, 2.24) is 9.55 Å². The van der Waals surface area contributed by atoms with Crippen LogP contribution in [0.2, 0.25) is 10.0 Å². The summed E-state index contributed by atoms with van der Waals surface area (Å²) in [5, 5.41) is 1.48. The van der Waals surface area contributed by atoms with E-state index in [1.165, 1.54) is 5.56 Å². The zero-order valence-electron chi connectivity index (χ0n) is 14.7. The Morgan fingerprint density at radius 1 is 0.962 bits per heavy atom. The number of benzene rings is 2. The molecule has 0 radical (unpaired) electrons. The Morgan fingerprint density at radius 2 is 1.58 bits per heavy atom. The number of aryl methyl sites for hydroxylation is 1. The van der Waals surface area contributed by atoms with Crippen molar-refractivity contribution < 1.29 is 4.74 Å². The van der Waals surface area contributed by atoms with Crippen LogP contribution < -0.4 is 0 Å². The van der Waals surface area contributed by atoms with E-state index in [9.17, 15) is 0 Å². The van der Waals surface area contributed by atoms with E-state index in [-0.39, 0.29) is 5.60 Å². The molecule has 3 nitrogen and oxygen atoms in total. The highest BCUT2D eigenvalue weighted by Crippen LogP contribution is 2.25. The van der Waals surface area contributed by atoms with Gasteiger partial charge in [-0.3, -0.25) is 0 Å². The zero-order valence-corrected chi connectivity index (χ0v) is 16.2. The molecule has 3 aromatic rings. The molecule has 0 aliphatic carbocycles. The van der Waals surface area contributed by atoms with Gasteiger partial charge in [-0.25, -0.2) is 4.98 Å². The molecule has 0 saturated heterocycles. The van der Waals surface area contributed by atoms with Crippen molar-refractivity contribution >= 4 is 23.2 Å². The average Bonchev–Trinajstić information content (AvgIpc) is 3.16. The average molecular weight is 389 g/mol. The van der Waals surface area contributed by atoms with E-state index in [2.05, 4.69) is 28.6 Å². The van der Waals surface area contributed by atoms with Gasteiger partial charge in [0, 0.05) is 35.4 Å². The van der Waals surface area contributed by atoms with Crippen LogP contribution in [0, 0.1) is 0 Å². The molecule has 0 bridgehead atoms. The van der Waals surface area contributed by atoms with E-state index in [0.717, 1.165) is 35.0 Å². The molecule has 0 aliphatic heterocycles. The van der Waals surface area contributed by atoms with Gasteiger partial charge in [0.15, 0.2) is 0 Å². The molecule has 0 N–H and O–H groups in total. The van der Waals surface area contributed by atoms with Gasteiger partial charge in [-0.05, 0) is 48.7 Å². The first-order chi connectivity index (χ1) is 12.5. The van der Waals surface area contributed by atoms with Gasteiger partial charge < -0.3 is 9.30 Å². The molecule has 2 aromatic carbocycles. The third-order valence-corrected chi connectivity index (χ3v) is 4.95. The fraction of sp³-hybridized carbons (Fsp3) is 0.286. The van der Waals surface area contributed by atoms with E-state index >= 15 is 0 Å². The molecule has 5 heteroatoms. The Labute approximate surface area is 164 Å². The molecule has 1 heterocycles. The van der Waals surface area contributed by atoms with Gasteiger partial charge in [0.2, 0.25) is 0 Å². The van der Waals surface area contributed by atoms with E-state index in [4.69, 9.17) is 27.9 Å². The Bertz CT molecular complexity index is 801. The van der Waals surface area contributed by atoms with Crippen molar-refractivity contribution in [3.8, 4) is 0 Å². The predicted molar refractivity (Wildman–Crippen MR) is 107 cm³/mol. The summed E-state index contributed by atoms with van der Waals surface area (Å²) >= 11 is 12.0. The number of hydrogen-bond acceptors (Lipinski definition) is 2. The van der Waals surface area contributed by atoms with Crippen LogP contribution in [0.3, 0.4) is 0 Å². The van der Waals surface area contributed by atoms with Crippen LogP contribution in [0.5, 0.6) is 0 Å². The molecular formula is C21H22Cl2N2O. The van der Waals surface area contributed by atoms with Crippen LogP contribution in [0.15, 0.2) is 67.3 Å². The van der Waals surface area contributed by atoms with Crippen molar-refractivity contribution in [2.75, 3.05) is 0 Å². The normalized spacial score (nSPS) is 13.5. The number of hydrogen-bond donors (Lipinski definition) is 0. The van der Waals surface area contributed by atoms with Gasteiger partial charge in [-0.2, -0.15) is 0 Å². The quantitative estimate of drug-likeness (QED) is 0.487. The Morgan fingerprint density at radius 3 is 2.15 bits per heavy atom. The van der Waals surface area contributed by atoms with Crippen molar-refractivity contribution in [3.63, 3.8) is 0 Å². The maximum atomic E-state index is 6.38. The maximum Gasteiger partial charge on any atom is 0.0945 e. The zero-order chi connectivity index (χ0) is 18.4. The first kappa shape index (κ1) is 19.0. The molecule has 1 unspecified atom stereocenters. The van der Waals surface area contributed by atoms with Gasteiger partial charge in [-0.1, -0.05) is 47.5 Å². The third-order valence-electron chi connectivity index (χ3n) is 4.45. The molecular weight excluding hydrogens is 367 g/mol. The molecule has 3 rings (SSSR count). The van der Waals surface area contributed by atoms with E-state index in [0.29, 0.717) is 6.61 Å². The number of halogens is 2. The molecule has 0 spiro atoms. The largest absolute Gasteiger partial charge is 0.370 e. The number of nitrogens with zero attached hydrogens (tertiary/aromatic N) is 2. The monoisotopic (exact) mass is 388 g/mol. The van der Waals surface area contributed by atoms with Crippen LogP contribution in [0.4, 0.5) is 0 Å². The summed E-state index contributed by atoms with van der Waals surface area (Å²) in [4.78, 5) is 4.11. The van der Waals surface area contributed by atoms with Crippen LogP contribution in [-0.2, 0) is 24.3 Å². The number of imidazole rings is 1. The molecule has 0 aliphatic rings. The Hall–Kier alpha value is -1.81. The van der Waals surface area contributed by atoms with Gasteiger partial charge in [-0.15, -0.1) is 0 Å². The van der Waals surface area contributed by atoms with Crippen molar-refractivity contribution in [2.24, 2.45) is 0 Å². The lowest BCUT2D eigenvalue weighted by atomic mass is 9.92. The molecule has 1 atom stereocenters. The van der Waals surface area contributed by atoms with Gasteiger partial charge in [0.05, 0.1) is 18.5 Å². The second-order valence-electron chi connectivity index (χ2n) is 6.72. The second-order valence-corrected chi connectivity index (χ2v) is 7.59. The maximum absolute atomic E-state index is 6.38. The second kappa shape index (κ2) is 8.72. The highest BCUT2D eigenvalue weighted by molar-refractivity contribution is 6.30. The number of rotatable bonds is 8. The minimum atomic E-state index is -0.308. The van der Waals surface area contributed by atoms with Crippen LogP contribution >= 0.6 is 23.2 Å². The summed E-state index contributed by atoms with van der Waals surface area (Å²) in [7, 11) is 0. The molecule has 0 saturated carbocycles. The smallest absolute Gasteiger partial charge is 0.0945 e. The van der Waals surface area contributed by atoms with Crippen molar-refractivity contribution in [1.29, 1.82) is 0 Å². The lowest BCUT2D eigenvalue weighted by Gasteiger charge is -2.31. The summed E-state index contributed by atoms with van der Waals surface area (Å²) < 4.78 is 8.45. The molecule has 0 fully saturated rings. The summed E-state index contributed by atoms with van der Waals surface area (Å²) in [5.41, 5.74) is 2.01. The van der Waals surface area contributed by atoms with Crippen molar-refractivity contribution in [2.45, 2.75) is 38.5 Å². The summed E-state index contributed by atoms with van der Waals surface area (Å²) in [5.74, 6) is 0. The third kappa shape index (κ3) is 5.60. The predicted octanol–water partition coefficient (Wildman–Crippen LogP) is 5.80. The SMILES string of the molecule is CC(CCn1ccnc1)(Cc1ccc(Cl)cc1)OCc1ccc(Cl)cc1. The molecule has 1 aromatic heterocycles. The molecule has 0 amide bonds. The molecule has 136 valence electrons. The highest BCUT2D eigenvalue weighted by Gasteiger charge is 2.26. The molecule has 26 heavy (non-hydrogen) atoms. The number of aromatic nitrogens is 2. The fourth-order valence-electron chi connectivity index (χ4n) is 2.87. The van der Waals surface area contributed by atoms with Crippen LogP contribution in [0.1, 0.15) is 24.5 Å². The fourth-order valence-corrected chi connectivity index (χ4v) is 3.12. The minimum absolute atomic E-state index is 0.308. The minimum Gasteiger partial charge on any atom is -0.370 e. The number of ether oxygens (including phenoxy) is 1. The van der Waals surface area contributed by atoms with Gasteiger partial charge >= 0.3 is 0 Å². The summed E-state index contributed by atoms with van der Waals surface area (Å²) in [6, 6.07) is 15.7. The van der Waals surface area contributed by atoms with Gasteiger partial charge in [0.25, 0.3) is 0 Å². The van der Waals surface area contributed by atoms with Crippen LogP contribution in [-0.4, -0.2) is 15.2 Å². The first-order valence-corrected chi connectivity index (χ1v) is 9.37. The topological polar surface area (TPSA) is 27.1 Å². The van der Waals surface area contributed by atoms with Crippen LogP contribution in [0.25, 0.3) is 0 Å². The van der Waals surface area contributed by atoms with E-state index in [1.54, 1.807) is 6.20 Å². The van der Waals surface area contributed by atoms with E-state index in [1.807, 2.05) is 48.9 Å². The highest BCUT2D eigenvalue weighted by atomic mass is 35.5. The first-order valence-electron chi connectivity index (χ1n) is 8.61. The summed E-state index contributed by atoms with van der Waals surface area (Å²) in [6.07, 6.45) is 7.29. The lowest BCUT2D eigenvalue weighted by molar-refractivity contribution is -0.0511. The lowest BCUT2D eigenvalue weighted by Crippen LogP contribution is -2.33. The summed E-state index contributed by atoms with van der Waals surface area (Å²) in [6.45, 7) is 3.56. The Kier molecular flexibility index (Phi) is 6.36. The Balaban J connectivity index is 1.70. The van der Waals surface area contributed by atoms with Crippen molar-refractivity contribution in [3.05, 3.63) is 88.4 Å².